The quantitative estimate of drug-likeness (QED) is 0.904. The third kappa shape index (κ3) is 3.45. The van der Waals surface area contributed by atoms with Crippen molar-refractivity contribution in [1.82, 2.24) is 15.1 Å². The molecule has 25 heavy (non-hydrogen) atoms. The minimum absolute atomic E-state index is 0.0319. The summed E-state index contributed by atoms with van der Waals surface area (Å²) in [6, 6.07) is 11.1. The summed E-state index contributed by atoms with van der Waals surface area (Å²) in [7, 11) is 0. The van der Waals surface area contributed by atoms with Gasteiger partial charge >= 0.3 is 0 Å². The standard InChI is InChI=1S/C19H21N3O2S/c23-18-17-12-21(11-15-6-9-25-13-15)7-8-22(17)19(24)16(20-18)10-14-4-2-1-3-5-14/h1-6,9,13,16-17H,7-8,10-12H2,(H,20,23)/t16-,17+/m0/s1. The lowest BCUT2D eigenvalue weighted by atomic mass is 9.98. The van der Waals surface area contributed by atoms with Gasteiger partial charge in [-0.05, 0) is 28.0 Å². The largest absolute Gasteiger partial charge is 0.342 e. The number of amides is 2. The molecule has 2 aliphatic heterocycles. The topological polar surface area (TPSA) is 52.7 Å². The van der Waals surface area contributed by atoms with Crippen LogP contribution in [0.1, 0.15) is 11.1 Å². The smallest absolute Gasteiger partial charge is 0.246 e. The van der Waals surface area contributed by atoms with Crippen LogP contribution in [-0.4, -0.2) is 53.3 Å². The monoisotopic (exact) mass is 355 g/mol. The Bertz CT molecular complexity index is 747. The van der Waals surface area contributed by atoms with Crippen molar-refractivity contribution in [3.8, 4) is 0 Å². The van der Waals surface area contributed by atoms with Crippen molar-refractivity contribution in [2.75, 3.05) is 19.6 Å². The third-order valence-corrected chi connectivity index (χ3v) is 5.67. The molecule has 0 aliphatic carbocycles. The number of rotatable bonds is 4. The molecule has 2 saturated heterocycles. The Labute approximate surface area is 151 Å². The van der Waals surface area contributed by atoms with Gasteiger partial charge in [0.2, 0.25) is 11.8 Å². The molecule has 2 aromatic rings. The van der Waals surface area contributed by atoms with Crippen LogP contribution in [-0.2, 0) is 22.6 Å². The van der Waals surface area contributed by atoms with Crippen LogP contribution in [0.2, 0.25) is 0 Å². The Balaban J connectivity index is 1.43. The molecule has 0 spiro atoms. The second-order valence-electron chi connectivity index (χ2n) is 6.67. The van der Waals surface area contributed by atoms with Gasteiger partial charge in [-0.15, -0.1) is 0 Å². The zero-order valence-electron chi connectivity index (χ0n) is 13.9. The fourth-order valence-electron chi connectivity index (χ4n) is 3.63. The molecular formula is C19H21N3O2S. The van der Waals surface area contributed by atoms with Gasteiger partial charge in [-0.1, -0.05) is 30.3 Å². The van der Waals surface area contributed by atoms with E-state index >= 15 is 0 Å². The highest BCUT2D eigenvalue weighted by atomic mass is 32.1. The van der Waals surface area contributed by atoms with Crippen LogP contribution < -0.4 is 5.32 Å². The van der Waals surface area contributed by atoms with Gasteiger partial charge in [0.15, 0.2) is 0 Å². The zero-order chi connectivity index (χ0) is 17.2. The molecule has 4 rings (SSSR count). The average Bonchev–Trinajstić information content (AvgIpc) is 3.13. The van der Waals surface area contributed by atoms with E-state index in [2.05, 4.69) is 27.0 Å². The predicted molar refractivity (Wildman–Crippen MR) is 97.2 cm³/mol. The summed E-state index contributed by atoms with van der Waals surface area (Å²) in [4.78, 5) is 29.5. The van der Waals surface area contributed by atoms with Crippen LogP contribution in [0.25, 0.3) is 0 Å². The number of nitrogens with zero attached hydrogens (tertiary/aromatic N) is 2. The molecule has 1 aromatic heterocycles. The maximum atomic E-state index is 12.8. The first-order valence-electron chi connectivity index (χ1n) is 8.59. The summed E-state index contributed by atoms with van der Waals surface area (Å²) in [6.45, 7) is 2.87. The number of thiophene rings is 1. The molecular weight excluding hydrogens is 334 g/mol. The van der Waals surface area contributed by atoms with Gasteiger partial charge in [0.1, 0.15) is 12.1 Å². The van der Waals surface area contributed by atoms with Gasteiger partial charge in [0, 0.05) is 32.6 Å². The Morgan fingerprint density at radius 2 is 1.92 bits per heavy atom. The maximum Gasteiger partial charge on any atom is 0.246 e. The van der Waals surface area contributed by atoms with Crippen molar-refractivity contribution < 1.29 is 9.59 Å². The first-order valence-corrected chi connectivity index (χ1v) is 9.53. The maximum absolute atomic E-state index is 12.8. The van der Waals surface area contributed by atoms with Crippen LogP contribution >= 0.6 is 11.3 Å². The molecule has 0 bridgehead atoms. The minimum atomic E-state index is -0.449. The molecule has 130 valence electrons. The van der Waals surface area contributed by atoms with Gasteiger partial charge < -0.3 is 10.2 Å². The lowest BCUT2D eigenvalue weighted by molar-refractivity contribution is -0.153. The van der Waals surface area contributed by atoms with E-state index in [9.17, 15) is 9.59 Å². The summed E-state index contributed by atoms with van der Waals surface area (Å²) >= 11 is 1.68. The van der Waals surface area contributed by atoms with Crippen molar-refractivity contribution in [2.45, 2.75) is 25.0 Å². The third-order valence-electron chi connectivity index (χ3n) is 4.93. The number of carbonyl (C=O) groups is 2. The number of nitrogens with one attached hydrogen (secondary N) is 1. The second-order valence-corrected chi connectivity index (χ2v) is 7.45. The number of benzene rings is 1. The van der Waals surface area contributed by atoms with Gasteiger partial charge in [0.05, 0.1) is 0 Å². The highest BCUT2D eigenvalue weighted by Gasteiger charge is 2.43. The molecule has 0 unspecified atom stereocenters. The summed E-state index contributed by atoms with van der Waals surface area (Å²) < 4.78 is 0. The summed E-state index contributed by atoms with van der Waals surface area (Å²) in [5.74, 6) is 0.0131. The molecule has 2 aliphatic rings. The second kappa shape index (κ2) is 6.98. The first kappa shape index (κ1) is 16.3. The van der Waals surface area contributed by atoms with E-state index in [1.807, 2.05) is 30.3 Å². The SMILES string of the molecule is O=C1N[C@@H](Cc2ccccc2)C(=O)N2CCN(Cc3ccsc3)C[C@H]12. The average molecular weight is 355 g/mol. The minimum Gasteiger partial charge on any atom is -0.342 e. The number of piperazine rings is 2. The number of hydrogen-bond acceptors (Lipinski definition) is 4. The molecule has 5 nitrogen and oxygen atoms in total. The van der Waals surface area contributed by atoms with Crippen LogP contribution in [0.15, 0.2) is 47.2 Å². The van der Waals surface area contributed by atoms with E-state index in [4.69, 9.17) is 0 Å². The molecule has 1 aromatic carbocycles. The van der Waals surface area contributed by atoms with Gasteiger partial charge in [0.25, 0.3) is 0 Å². The van der Waals surface area contributed by atoms with Crippen molar-refractivity contribution in [1.29, 1.82) is 0 Å². The van der Waals surface area contributed by atoms with E-state index in [1.54, 1.807) is 16.2 Å². The van der Waals surface area contributed by atoms with Gasteiger partial charge in [-0.2, -0.15) is 11.3 Å². The van der Waals surface area contributed by atoms with Crippen molar-refractivity contribution in [2.24, 2.45) is 0 Å². The molecule has 3 heterocycles. The molecule has 0 saturated carbocycles. The van der Waals surface area contributed by atoms with Crippen LogP contribution in [0.5, 0.6) is 0 Å². The number of hydrogen-bond donors (Lipinski definition) is 1. The lowest BCUT2D eigenvalue weighted by Crippen LogP contribution is -2.69. The number of fused-ring (bicyclic) bond motifs is 1. The van der Waals surface area contributed by atoms with E-state index in [1.165, 1.54) is 5.56 Å². The Hall–Kier alpha value is -2.18. The molecule has 1 N–H and O–H groups in total. The Morgan fingerprint density at radius 3 is 2.68 bits per heavy atom. The molecule has 6 heteroatoms. The van der Waals surface area contributed by atoms with Gasteiger partial charge in [-0.25, -0.2) is 0 Å². The van der Waals surface area contributed by atoms with Crippen molar-refractivity contribution >= 4 is 23.2 Å². The van der Waals surface area contributed by atoms with Crippen LogP contribution in [0.4, 0.5) is 0 Å². The summed E-state index contributed by atoms with van der Waals surface area (Å²) in [6.07, 6.45) is 0.549. The molecule has 2 atom stereocenters. The lowest BCUT2D eigenvalue weighted by Gasteiger charge is -2.45. The summed E-state index contributed by atoms with van der Waals surface area (Å²) in [5, 5.41) is 7.14. The van der Waals surface area contributed by atoms with E-state index < -0.39 is 6.04 Å². The normalized spacial score (nSPS) is 24.1. The Kier molecular flexibility index (Phi) is 4.55. The van der Waals surface area contributed by atoms with Crippen molar-refractivity contribution in [3.63, 3.8) is 0 Å². The molecule has 0 radical (unpaired) electrons. The highest BCUT2D eigenvalue weighted by molar-refractivity contribution is 7.07. The fourth-order valence-corrected chi connectivity index (χ4v) is 4.29. The van der Waals surface area contributed by atoms with Crippen LogP contribution in [0.3, 0.4) is 0 Å². The molecule has 2 fully saturated rings. The van der Waals surface area contributed by atoms with Crippen molar-refractivity contribution in [3.05, 3.63) is 58.3 Å². The van der Waals surface area contributed by atoms with E-state index in [0.717, 1.165) is 18.7 Å². The fraction of sp³-hybridized carbons (Fsp3) is 0.368. The van der Waals surface area contributed by atoms with Crippen LogP contribution in [0, 0.1) is 0 Å². The Morgan fingerprint density at radius 1 is 1.08 bits per heavy atom. The summed E-state index contributed by atoms with van der Waals surface area (Å²) in [5.41, 5.74) is 2.33. The molecule has 2 amide bonds. The van der Waals surface area contributed by atoms with E-state index in [-0.39, 0.29) is 17.9 Å². The van der Waals surface area contributed by atoms with Gasteiger partial charge in [-0.3, -0.25) is 14.5 Å². The number of carbonyl (C=O) groups excluding carboxylic acids is 2. The predicted octanol–water partition coefficient (Wildman–Crippen LogP) is 1.50. The highest BCUT2D eigenvalue weighted by Crippen LogP contribution is 2.20. The van der Waals surface area contributed by atoms with E-state index in [0.29, 0.717) is 19.5 Å². The first-order chi connectivity index (χ1) is 12.2. The zero-order valence-corrected chi connectivity index (χ0v) is 14.7.